The maximum Gasteiger partial charge on any atom is 0.226 e. The van der Waals surface area contributed by atoms with E-state index in [9.17, 15) is 4.79 Å². The molecule has 3 rings (SSSR count). The molecule has 0 radical (unpaired) electrons. The Morgan fingerprint density at radius 1 is 1.36 bits per heavy atom. The first-order valence-electron chi connectivity index (χ1n) is 9.27. The van der Waals surface area contributed by atoms with Crippen molar-refractivity contribution in [3.63, 3.8) is 0 Å². The molecule has 1 aromatic carbocycles. The molecule has 0 unspecified atom stereocenters. The lowest BCUT2D eigenvalue weighted by Gasteiger charge is -2.41. The number of fused-ring (bicyclic) bond motifs is 1. The molecule has 138 valence electrons. The second kappa shape index (κ2) is 7.75. The number of carbonyl (C=O) groups excluding carboxylic acids is 1. The van der Waals surface area contributed by atoms with Crippen LogP contribution in [0.3, 0.4) is 0 Å². The number of hydrogen-bond acceptors (Lipinski definition) is 4. The fourth-order valence-electron chi connectivity index (χ4n) is 4.00. The average molecular weight is 346 g/mol. The van der Waals surface area contributed by atoms with Crippen molar-refractivity contribution in [2.75, 3.05) is 27.2 Å². The summed E-state index contributed by atoms with van der Waals surface area (Å²) in [5, 5.41) is 0. The number of benzene rings is 1. The van der Waals surface area contributed by atoms with E-state index in [1.807, 2.05) is 40.1 Å². The number of nitrogens with zero attached hydrogens (tertiary/aromatic N) is 2. The summed E-state index contributed by atoms with van der Waals surface area (Å²) < 4.78 is 11.9. The monoisotopic (exact) mass is 346 g/mol. The zero-order chi connectivity index (χ0) is 18.0. The van der Waals surface area contributed by atoms with Crippen LogP contribution >= 0.6 is 0 Å². The molecule has 2 aliphatic heterocycles. The van der Waals surface area contributed by atoms with Crippen LogP contribution in [0, 0.1) is 5.92 Å². The quantitative estimate of drug-likeness (QED) is 0.822. The Morgan fingerprint density at radius 2 is 2.12 bits per heavy atom. The van der Waals surface area contributed by atoms with Crippen molar-refractivity contribution in [3.8, 4) is 5.75 Å². The zero-order valence-electron chi connectivity index (χ0n) is 15.8. The molecule has 2 saturated heterocycles. The molecule has 1 amide bonds. The van der Waals surface area contributed by atoms with E-state index < -0.39 is 0 Å². The Balaban J connectivity index is 1.79. The van der Waals surface area contributed by atoms with Crippen molar-refractivity contribution < 1.29 is 14.3 Å². The second-order valence-electron chi connectivity index (χ2n) is 7.63. The molecule has 25 heavy (non-hydrogen) atoms. The standard InChI is InChI=1S/C20H30N2O3/c1-14(2)25-18-8-6-5-7-15(18)12-22-13-16(20(23)21(3)4)11-19-17(22)9-10-24-19/h5-8,14,16-17,19H,9-13H2,1-4H3/t16-,17+,19+/m0/s1. The van der Waals surface area contributed by atoms with E-state index in [0.29, 0.717) is 6.04 Å². The van der Waals surface area contributed by atoms with E-state index in [1.165, 1.54) is 5.56 Å². The summed E-state index contributed by atoms with van der Waals surface area (Å²) in [6.45, 7) is 6.47. The molecule has 0 bridgehead atoms. The van der Waals surface area contributed by atoms with E-state index in [-0.39, 0.29) is 24.0 Å². The van der Waals surface area contributed by atoms with Crippen molar-refractivity contribution in [2.45, 2.75) is 51.5 Å². The molecular formula is C20H30N2O3. The van der Waals surface area contributed by atoms with Gasteiger partial charge in [0.2, 0.25) is 5.91 Å². The summed E-state index contributed by atoms with van der Waals surface area (Å²) in [4.78, 5) is 16.6. The Labute approximate surface area is 150 Å². The molecule has 1 aromatic rings. The minimum absolute atomic E-state index is 0.00697. The molecule has 0 N–H and O–H groups in total. The van der Waals surface area contributed by atoms with Crippen molar-refractivity contribution in [1.82, 2.24) is 9.80 Å². The van der Waals surface area contributed by atoms with Gasteiger partial charge in [0, 0.05) is 45.4 Å². The van der Waals surface area contributed by atoms with Crippen molar-refractivity contribution in [2.24, 2.45) is 5.92 Å². The highest BCUT2D eigenvalue weighted by molar-refractivity contribution is 5.78. The number of piperidine rings is 1. The Kier molecular flexibility index (Phi) is 5.64. The Hall–Kier alpha value is -1.59. The van der Waals surface area contributed by atoms with Crippen LogP contribution < -0.4 is 4.74 Å². The first kappa shape index (κ1) is 18.2. The highest BCUT2D eigenvalue weighted by atomic mass is 16.5. The van der Waals surface area contributed by atoms with Crippen LogP contribution in [0.15, 0.2) is 24.3 Å². The SMILES string of the molecule is CC(C)Oc1ccccc1CN1C[C@@H](C(=O)N(C)C)C[C@H]2OCC[C@H]21. The van der Waals surface area contributed by atoms with E-state index in [4.69, 9.17) is 9.47 Å². The number of para-hydroxylation sites is 1. The first-order valence-corrected chi connectivity index (χ1v) is 9.27. The molecule has 2 fully saturated rings. The Morgan fingerprint density at radius 3 is 2.84 bits per heavy atom. The summed E-state index contributed by atoms with van der Waals surface area (Å²) in [5.74, 6) is 1.15. The number of carbonyl (C=O) groups is 1. The minimum Gasteiger partial charge on any atom is -0.491 e. The lowest BCUT2D eigenvalue weighted by atomic mass is 9.88. The van der Waals surface area contributed by atoms with Gasteiger partial charge >= 0.3 is 0 Å². The summed E-state index contributed by atoms with van der Waals surface area (Å²) >= 11 is 0. The predicted molar refractivity (Wildman–Crippen MR) is 97.6 cm³/mol. The summed E-state index contributed by atoms with van der Waals surface area (Å²) in [6, 6.07) is 8.62. The fraction of sp³-hybridized carbons (Fsp3) is 0.650. The van der Waals surface area contributed by atoms with Crippen LogP contribution in [-0.2, 0) is 16.1 Å². The molecule has 5 nitrogen and oxygen atoms in total. The molecule has 0 saturated carbocycles. The molecule has 0 aromatic heterocycles. The maximum absolute atomic E-state index is 12.5. The third-order valence-electron chi connectivity index (χ3n) is 5.11. The van der Waals surface area contributed by atoms with E-state index in [0.717, 1.165) is 38.3 Å². The molecular weight excluding hydrogens is 316 g/mol. The van der Waals surface area contributed by atoms with Crippen LogP contribution in [-0.4, -0.2) is 61.2 Å². The summed E-state index contributed by atoms with van der Waals surface area (Å²) in [6.07, 6.45) is 2.19. The third-order valence-corrected chi connectivity index (χ3v) is 5.11. The number of amides is 1. The van der Waals surface area contributed by atoms with Gasteiger partial charge < -0.3 is 14.4 Å². The summed E-state index contributed by atoms with van der Waals surface area (Å²) in [7, 11) is 3.67. The van der Waals surface area contributed by atoms with Gasteiger partial charge in [-0.15, -0.1) is 0 Å². The maximum atomic E-state index is 12.5. The molecule has 2 aliphatic rings. The first-order chi connectivity index (χ1) is 12.0. The second-order valence-corrected chi connectivity index (χ2v) is 7.63. The number of hydrogen-bond donors (Lipinski definition) is 0. The lowest BCUT2D eigenvalue weighted by Crippen LogP contribution is -2.52. The smallest absolute Gasteiger partial charge is 0.226 e. The van der Waals surface area contributed by atoms with Gasteiger partial charge in [0.25, 0.3) is 0 Å². The van der Waals surface area contributed by atoms with E-state index >= 15 is 0 Å². The highest BCUT2D eigenvalue weighted by Gasteiger charge is 2.42. The highest BCUT2D eigenvalue weighted by Crippen LogP contribution is 2.34. The minimum atomic E-state index is 0.00697. The van der Waals surface area contributed by atoms with Gasteiger partial charge in [-0.3, -0.25) is 9.69 Å². The van der Waals surface area contributed by atoms with Crippen LogP contribution in [0.2, 0.25) is 0 Å². The van der Waals surface area contributed by atoms with Gasteiger partial charge in [-0.25, -0.2) is 0 Å². The lowest BCUT2D eigenvalue weighted by molar-refractivity contribution is -0.137. The molecule has 5 heteroatoms. The van der Waals surface area contributed by atoms with Gasteiger partial charge in [0.05, 0.1) is 18.1 Å². The van der Waals surface area contributed by atoms with Crippen LogP contribution in [0.1, 0.15) is 32.3 Å². The van der Waals surface area contributed by atoms with Gasteiger partial charge in [0.1, 0.15) is 5.75 Å². The number of ether oxygens (including phenoxy) is 2. The van der Waals surface area contributed by atoms with E-state index in [1.54, 1.807) is 4.90 Å². The van der Waals surface area contributed by atoms with Gasteiger partial charge in [0.15, 0.2) is 0 Å². The summed E-state index contributed by atoms with van der Waals surface area (Å²) in [5.41, 5.74) is 1.18. The van der Waals surface area contributed by atoms with Crippen LogP contribution in [0.25, 0.3) is 0 Å². The predicted octanol–water partition coefficient (Wildman–Crippen LogP) is 2.54. The third kappa shape index (κ3) is 4.15. The number of likely N-dealkylation sites (tertiary alicyclic amines) is 1. The molecule has 0 spiro atoms. The van der Waals surface area contributed by atoms with Gasteiger partial charge in [-0.2, -0.15) is 0 Å². The molecule has 3 atom stereocenters. The van der Waals surface area contributed by atoms with Crippen molar-refractivity contribution in [1.29, 1.82) is 0 Å². The van der Waals surface area contributed by atoms with Crippen molar-refractivity contribution in [3.05, 3.63) is 29.8 Å². The van der Waals surface area contributed by atoms with Gasteiger partial charge in [-0.05, 0) is 32.8 Å². The van der Waals surface area contributed by atoms with Gasteiger partial charge in [-0.1, -0.05) is 18.2 Å². The van der Waals surface area contributed by atoms with E-state index in [2.05, 4.69) is 17.0 Å². The largest absolute Gasteiger partial charge is 0.491 e. The van der Waals surface area contributed by atoms with Crippen molar-refractivity contribution >= 4 is 5.91 Å². The topological polar surface area (TPSA) is 42.0 Å². The number of rotatable bonds is 5. The normalized spacial score (nSPS) is 26.5. The zero-order valence-corrected chi connectivity index (χ0v) is 15.8. The Bertz CT molecular complexity index is 602. The van der Waals surface area contributed by atoms with Crippen LogP contribution in [0.5, 0.6) is 5.75 Å². The average Bonchev–Trinajstić information content (AvgIpc) is 3.04. The fourth-order valence-corrected chi connectivity index (χ4v) is 4.00. The van der Waals surface area contributed by atoms with Crippen LogP contribution in [0.4, 0.5) is 0 Å². The molecule has 2 heterocycles. The molecule has 0 aliphatic carbocycles.